The molecule has 0 aromatic heterocycles. The van der Waals surface area contributed by atoms with Crippen molar-refractivity contribution in [1.82, 2.24) is 4.90 Å². The van der Waals surface area contributed by atoms with E-state index in [1.165, 1.54) is 5.56 Å². The van der Waals surface area contributed by atoms with Crippen LogP contribution in [-0.2, 0) is 4.74 Å². The molecule has 1 aromatic rings. The molecule has 0 bridgehead atoms. The Morgan fingerprint density at radius 2 is 2.18 bits per heavy atom. The van der Waals surface area contributed by atoms with Crippen molar-refractivity contribution in [3.8, 4) is 6.07 Å². The summed E-state index contributed by atoms with van der Waals surface area (Å²) in [5.74, 6) is 0. The first kappa shape index (κ1) is 11.9. The number of hydrogen-bond donors (Lipinski definition) is 1. The lowest BCUT2D eigenvalue weighted by Crippen LogP contribution is -2.42. The van der Waals surface area contributed by atoms with E-state index in [4.69, 9.17) is 15.7 Å². The van der Waals surface area contributed by atoms with Crippen LogP contribution in [0.1, 0.15) is 18.5 Å². The highest BCUT2D eigenvalue weighted by atomic mass is 16.5. The number of benzene rings is 1. The van der Waals surface area contributed by atoms with Crippen LogP contribution >= 0.6 is 0 Å². The van der Waals surface area contributed by atoms with Gasteiger partial charge in [0.25, 0.3) is 0 Å². The molecule has 0 radical (unpaired) electrons. The number of anilines is 1. The van der Waals surface area contributed by atoms with Crippen LogP contribution in [0.15, 0.2) is 24.3 Å². The van der Waals surface area contributed by atoms with E-state index in [9.17, 15) is 0 Å². The van der Waals surface area contributed by atoms with E-state index in [-0.39, 0.29) is 12.1 Å². The number of nitriles is 1. The molecule has 0 spiro atoms. The Bertz CT molecular complexity index is 410. The van der Waals surface area contributed by atoms with Gasteiger partial charge in [-0.3, -0.25) is 4.90 Å². The van der Waals surface area contributed by atoms with E-state index in [1.54, 1.807) is 0 Å². The quantitative estimate of drug-likeness (QED) is 0.784. The Labute approximate surface area is 102 Å². The molecule has 2 N–H and O–H groups in total. The number of nitrogen functional groups attached to an aromatic ring is 1. The van der Waals surface area contributed by atoms with Crippen LogP contribution in [0.4, 0.5) is 5.69 Å². The normalized spacial score (nSPS) is 22.9. The van der Waals surface area contributed by atoms with Crippen molar-refractivity contribution in [3.05, 3.63) is 29.8 Å². The van der Waals surface area contributed by atoms with Crippen molar-refractivity contribution in [1.29, 1.82) is 5.26 Å². The zero-order valence-electron chi connectivity index (χ0n) is 9.97. The fourth-order valence-electron chi connectivity index (χ4n) is 2.08. The molecule has 1 aromatic carbocycles. The van der Waals surface area contributed by atoms with Gasteiger partial charge in [-0.25, -0.2) is 0 Å². The third kappa shape index (κ3) is 2.76. The van der Waals surface area contributed by atoms with Crippen molar-refractivity contribution in [2.24, 2.45) is 0 Å². The summed E-state index contributed by atoms with van der Waals surface area (Å²) in [6.07, 6.45) is -0.306. The first-order valence-corrected chi connectivity index (χ1v) is 5.81. The van der Waals surface area contributed by atoms with E-state index in [2.05, 4.69) is 17.9 Å². The van der Waals surface area contributed by atoms with Crippen molar-refractivity contribution < 1.29 is 4.74 Å². The number of nitrogens with two attached hydrogens (primary N) is 1. The molecule has 0 aliphatic carbocycles. The standard InChI is InChI=1S/C13H17N3O/c1-10(11-2-4-12(15)5-3-11)16-6-7-17-13(8-14)9-16/h2-5,10,13H,6-7,9,15H2,1H3. The summed E-state index contributed by atoms with van der Waals surface area (Å²) in [5.41, 5.74) is 7.67. The van der Waals surface area contributed by atoms with Crippen LogP contribution in [0.2, 0.25) is 0 Å². The lowest BCUT2D eigenvalue weighted by molar-refractivity contribution is -0.0145. The van der Waals surface area contributed by atoms with Gasteiger partial charge in [0.05, 0.1) is 12.7 Å². The minimum absolute atomic E-state index is 0.287. The SMILES string of the molecule is CC(c1ccc(N)cc1)N1CCOC(C#N)C1. The largest absolute Gasteiger partial charge is 0.399 e. The molecule has 4 heteroatoms. The number of rotatable bonds is 2. The highest BCUT2D eigenvalue weighted by Gasteiger charge is 2.24. The van der Waals surface area contributed by atoms with Gasteiger partial charge in [-0.2, -0.15) is 5.26 Å². The summed E-state index contributed by atoms with van der Waals surface area (Å²) in [4.78, 5) is 2.27. The summed E-state index contributed by atoms with van der Waals surface area (Å²) >= 11 is 0. The highest BCUT2D eigenvalue weighted by molar-refractivity contribution is 5.40. The maximum absolute atomic E-state index is 8.88. The van der Waals surface area contributed by atoms with E-state index < -0.39 is 0 Å². The highest BCUT2D eigenvalue weighted by Crippen LogP contribution is 2.23. The third-order valence-corrected chi connectivity index (χ3v) is 3.21. The average Bonchev–Trinajstić information content (AvgIpc) is 2.39. The van der Waals surface area contributed by atoms with Crippen LogP contribution < -0.4 is 5.73 Å². The first-order valence-electron chi connectivity index (χ1n) is 5.81. The molecule has 0 amide bonds. The van der Waals surface area contributed by atoms with Crippen LogP contribution in [-0.4, -0.2) is 30.7 Å². The average molecular weight is 231 g/mol. The Hall–Kier alpha value is -1.57. The molecular formula is C13H17N3O. The summed E-state index contributed by atoms with van der Waals surface area (Å²) in [6.45, 7) is 4.30. The Kier molecular flexibility index (Phi) is 3.62. The topological polar surface area (TPSA) is 62.3 Å². The summed E-state index contributed by atoms with van der Waals surface area (Å²) in [7, 11) is 0. The van der Waals surface area contributed by atoms with E-state index in [0.717, 1.165) is 12.2 Å². The second-order valence-corrected chi connectivity index (χ2v) is 4.33. The minimum atomic E-state index is -0.306. The lowest BCUT2D eigenvalue weighted by atomic mass is 10.1. The van der Waals surface area contributed by atoms with Gasteiger partial charge in [-0.1, -0.05) is 12.1 Å². The Balaban J connectivity index is 2.06. The maximum Gasteiger partial charge on any atom is 0.156 e. The van der Waals surface area contributed by atoms with Crippen LogP contribution in [0.5, 0.6) is 0 Å². The summed E-state index contributed by atoms with van der Waals surface area (Å²) < 4.78 is 5.34. The van der Waals surface area contributed by atoms with Crippen molar-refractivity contribution in [2.75, 3.05) is 25.4 Å². The molecule has 0 saturated carbocycles. The minimum Gasteiger partial charge on any atom is -0.399 e. The Morgan fingerprint density at radius 3 is 2.82 bits per heavy atom. The lowest BCUT2D eigenvalue weighted by Gasteiger charge is -2.34. The second kappa shape index (κ2) is 5.17. The molecule has 2 atom stereocenters. The van der Waals surface area contributed by atoms with E-state index in [1.807, 2.05) is 24.3 Å². The molecule has 90 valence electrons. The summed E-state index contributed by atoms with van der Waals surface area (Å²) in [5, 5.41) is 8.88. The fourth-order valence-corrected chi connectivity index (χ4v) is 2.08. The van der Waals surface area contributed by atoms with Gasteiger partial charge in [0.2, 0.25) is 0 Å². The molecule has 2 unspecified atom stereocenters. The zero-order chi connectivity index (χ0) is 12.3. The van der Waals surface area contributed by atoms with E-state index >= 15 is 0 Å². The van der Waals surface area contributed by atoms with Crippen molar-refractivity contribution in [2.45, 2.75) is 19.1 Å². The molecule has 1 aliphatic rings. The molecule has 1 fully saturated rings. The predicted molar refractivity (Wildman–Crippen MR) is 66.2 cm³/mol. The maximum atomic E-state index is 8.88. The van der Waals surface area contributed by atoms with Crippen LogP contribution in [0.25, 0.3) is 0 Å². The van der Waals surface area contributed by atoms with Gasteiger partial charge in [-0.15, -0.1) is 0 Å². The van der Waals surface area contributed by atoms with Gasteiger partial charge >= 0.3 is 0 Å². The van der Waals surface area contributed by atoms with Gasteiger partial charge in [-0.05, 0) is 24.6 Å². The zero-order valence-corrected chi connectivity index (χ0v) is 9.97. The molecular weight excluding hydrogens is 214 g/mol. The predicted octanol–water partition coefficient (Wildman–Crippen LogP) is 1.55. The summed E-state index contributed by atoms with van der Waals surface area (Å²) in [6, 6.07) is 10.4. The first-order chi connectivity index (χ1) is 8.20. The Morgan fingerprint density at radius 1 is 1.47 bits per heavy atom. The van der Waals surface area contributed by atoms with Gasteiger partial charge < -0.3 is 10.5 Å². The van der Waals surface area contributed by atoms with Gasteiger partial charge in [0.1, 0.15) is 0 Å². The molecule has 4 nitrogen and oxygen atoms in total. The molecule has 1 saturated heterocycles. The number of ether oxygens (including phenoxy) is 1. The van der Waals surface area contributed by atoms with Gasteiger partial charge in [0.15, 0.2) is 6.10 Å². The molecule has 1 aliphatic heterocycles. The molecule has 17 heavy (non-hydrogen) atoms. The third-order valence-electron chi connectivity index (χ3n) is 3.21. The van der Waals surface area contributed by atoms with Gasteiger partial charge in [0, 0.05) is 24.8 Å². The van der Waals surface area contributed by atoms with Crippen LogP contribution in [0.3, 0.4) is 0 Å². The second-order valence-electron chi connectivity index (χ2n) is 4.33. The van der Waals surface area contributed by atoms with Crippen molar-refractivity contribution >= 4 is 5.69 Å². The van der Waals surface area contributed by atoms with E-state index in [0.29, 0.717) is 13.2 Å². The number of hydrogen-bond acceptors (Lipinski definition) is 4. The fraction of sp³-hybridized carbons (Fsp3) is 0.462. The van der Waals surface area contributed by atoms with Crippen molar-refractivity contribution in [3.63, 3.8) is 0 Å². The molecule has 2 rings (SSSR count). The number of nitrogens with zero attached hydrogens (tertiary/aromatic N) is 2. The molecule has 1 heterocycles. The smallest absolute Gasteiger partial charge is 0.156 e. The number of morpholine rings is 1. The van der Waals surface area contributed by atoms with Crippen LogP contribution in [0, 0.1) is 11.3 Å². The monoisotopic (exact) mass is 231 g/mol.